The molecule has 20 heavy (non-hydrogen) atoms. The number of rotatable bonds is 5. The molecule has 1 heterocycles. The Bertz CT molecular complexity index is 398. The Labute approximate surface area is 124 Å². The van der Waals surface area contributed by atoms with Crippen molar-refractivity contribution in [1.82, 2.24) is 10.2 Å². The van der Waals surface area contributed by atoms with Crippen LogP contribution in [0.4, 0.5) is 0 Å². The summed E-state index contributed by atoms with van der Waals surface area (Å²) in [5.41, 5.74) is 2.76. The highest BCUT2D eigenvalue weighted by Gasteiger charge is 2.25. The van der Waals surface area contributed by atoms with Crippen LogP contribution in [0.25, 0.3) is 0 Å². The molecule has 2 nitrogen and oxygen atoms in total. The Kier molecular flexibility index (Phi) is 5.62. The van der Waals surface area contributed by atoms with E-state index in [1.54, 1.807) is 0 Å². The minimum atomic E-state index is 0.452. The van der Waals surface area contributed by atoms with Crippen molar-refractivity contribution in [2.75, 3.05) is 19.6 Å². The summed E-state index contributed by atoms with van der Waals surface area (Å²) in [7, 11) is 0. The van der Waals surface area contributed by atoms with E-state index in [0.29, 0.717) is 6.04 Å². The van der Waals surface area contributed by atoms with Crippen LogP contribution in [0.5, 0.6) is 0 Å². The zero-order valence-electron chi connectivity index (χ0n) is 13.5. The largest absolute Gasteiger partial charge is 0.309 e. The SMILES string of the molecule is CCNC(CN1CC(C)CCC1C)c1ccc(C)cc1. The molecule has 3 atom stereocenters. The van der Waals surface area contributed by atoms with Crippen molar-refractivity contribution in [1.29, 1.82) is 0 Å². The number of hydrogen-bond donors (Lipinski definition) is 1. The number of likely N-dealkylation sites (N-methyl/N-ethyl adjacent to an activating group) is 1. The van der Waals surface area contributed by atoms with Crippen LogP contribution < -0.4 is 5.32 Å². The molecule has 1 aromatic carbocycles. The standard InChI is InChI=1S/C18H30N2/c1-5-19-18(17-10-7-14(2)8-11-17)13-20-12-15(3)6-9-16(20)4/h7-8,10-11,15-16,18-19H,5-6,9,12-13H2,1-4H3. The lowest BCUT2D eigenvalue weighted by molar-refractivity contribution is 0.112. The maximum absolute atomic E-state index is 3.66. The molecule has 2 heteroatoms. The van der Waals surface area contributed by atoms with Gasteiger partial charge in [0.25, 0.3) is 0 Å². The van der Waals surface area contributed by atoms with Gasteiger partial charge in [-0.2, -0.15) is 0 Å². The first-order chi connectivity index (χ1) is 9.60. The lowest BCUT2D eigenvalue weighted by atomic mass is 9.94. The number of aryl methyl sites for hydroxylation is 1. The van der Waals surface area contributed by atoms with Crippen molar-refractivity contribution in [3.8, 4) is 0 Å². The molecule has 112 valence electrons. The fourth-order valence-corrected chi connectivity index (χ4v) is 3.20. The number of hydrogen-bond acceptors (Lipinski definition) is 2. The van der Waals surface area contributed by atoms with E-state index in [4.69, 9.17) is 0 Å². The zero-order chi connectivity index (χ0) is 14.5. The van der Waals surface area contributed by atoms with Crippen molar-refractivity contribution < 1.29 is 0 Å². The zero-order valence-corrected chi connectivity index (χ0v) is 13.5. The molecular formula is C18H30N2. The minimum Gasteiger partial charge on any atom is -0.309 e. The van der Waals surface area contributed by atoms with Crippen LogP contribution >= 0.6 is 0 Å². The van der Waals surface area contributed by atoms with Crippen LogP contribution in [0.2, 0.25) is 0 Å². The monoisotopic (exact) mass is 274 g/mol. The van der Waals surface area contributed by atoms with Gasteiger partial charge < -0.3 is 5.32 Å². The quantitative estimate of drug-likeness (QED) is 0.879. The molecule has 3 unspecified atom stereocenters. The molecule has 0 amide bonds. The molecule has 0 spiro atoms. The second-order valence-corrected chi connectivity index (χ2v) is 6.51. The van der Waals surface area contributed by atoms with Gasteiger partial charge in [-0.1, -0.05) is 43.7 Å². The van der Waals surface area contributed by atoms with E-state index in [1.807, 2.05) is 0 Å². The van der Waals surface area contributed by atoms with Gasteiger partial charge in [0.05, 0.1) is 0 Å². The van der Waals surface area contributed by atoms with Gasteiger partial charge in [0.15, 0.2) is 0 Å². The van der Waals surface area contributed by atoms with Crippen LogP contribution in [0, 0.1) is 12.8 Å². The van der Waals surface area contributed by atoms with E-state index >= 15 is 0 Å². The molecule has 1 aliphatic rings. The molecule has 0 aromatic heterocycles. The van der Waals surface area contributed by atoms with Crippen LogP contribution in [-0.4, -0.2) is 30.6 Å². The van der Waals surface area contributed by atoms with Crippen molar-refractivity contribution in [2.45, 2.75) is 52.6 Å². The van der Waals surface area contributed by atoms with Gasteiger partial charge in [-0.3, -0.25) is 4.90 Å². The first kappa shape index (κ1) is 15.5. The molecule has 1 saturated heterocycles. The summed E-state index contributed by atoms with van der Waals surface area (Å²) in [5, 5.41) is 3.66. The Morgan fingerprint density at radius 1 is 1.20 bits per heavy atom. The molecule has 1 aromatic rings. The topological polar surface area (TPSA) is 15.3 Å². The highest BCUT2D eigenvalue weighted by molar-refractivity contribution is 5.24. The highest BCUT2D eigenvalue weighted by Crippen LogP contribution is 2.24. The summed E-state index contributed by atoms with van der Waals surface area (Å²) >= 11 is 0. The minimum absolute atomic E-state index is 0.452. The van der Waals surface area contributed by atoms with Crippen molar-refractivity contribution >= 4 is 0 Å². The van der Waals surface area contributed by atoms with Crippen LogP contribution in [0.15, 0.2) is 24.3 Å². The second kappa shape index (κ2) is 7.24. The third-order valence-electron chi connectivity index (χ3n) is 4.59. The fraction of sp³-hybridized carbons (Fsp3) is 0.667. The maximum Gasteiger partial charge on any atom is 0.0449 e. The summed E-state index contributed by atoms with van der Waals surface area (Å²) in [5.74, 6) is 0.839. The summed E-state index contributed by atoms with van der Waals surface area (Å²) in [4.78, 5) is 2.67. The number of nitrogens with zero attached hydrogens (tertiary/aromatic N) is 1. The molecule has 0 bridgehead atoms. The average molecular weight is 274 g/mol. The average Bonchev–Trinajstić information content (AvgIpc) is 2.43. The van der Waals surface area contributed by atoms with E-state index in [9.17, 15) is 0 Å². The predicted octanol–water partition coefficient (Wildman–Crippen LogP) is 3.77. The van der Waals surface area contributed by atoms with Crippen molar-refractivity contribution in [2.24, 2.45) is 5.92 Å². The van der Waals surface area contributed by atoms with Gasteiger partial charge >= 0.3 is 0 Å². The summed E-state index contributed by atoms with van der Waals surface area (Å²) in [6.45, 7) is 12.5. The Morgan fingerprint density at radius 3 is 2.55 bits per heavy atom. The summed E-state index contributed by atoms with van der Waals surface area (Å²) in [6.07, 6.45) is 2.72. The Hall–Kier alpha value is -0.860. The molecule has 1 N–H and O–H groups in total. The number of benzene rings is 1. The lowest BCUT2D eigenvalue weighted by Crippen LogP contribution is -2.45. The third kappa shape index (κ3) is 4.07. The molecule has 0 aliphatic carbocycles. The molecule has 1 aliphatic heterocycles. The maximum atomic E-state index is 3.66. The lowest BCUT2D eigenvalue weighted by Gasteiger charge is -2.39. The summed E-state index contributed by atoms with van der Waals surface area (Å²) in [6, 6.07) is 10.2. The van der Waals surface area contributed by atoms with E-state index in [2.05, 4.69) is 62.2 Å². The van der Waals surface area contributed by atoms with E-state index < -0.39 is 0 Å². The van der Waals surface area contributed by atoms with Gasteiger partial charge in [-0.15, -0.1) is 0 Å². The Morgan fingerprint density at radius 2 is 1.90 bits per heavy atom. The number of nitrogens with one attached hydrogen (secondary N) is 1. The number of piperidine rings is 1. The molecule has 2 rings (SSSR count). The van der Waals surface area contributed by atoms with E-state index in [1.165, 1.54) is 30.5 Å². The molecule has 1 fully saturated rings. The predicted molar refractivity (Wildman–Crippen MR) is 87.0 cm³/mol. The smallest absolute Gasteiger partial charge is 0.0449 e. The van der Waals surface area contributed by atoms with Gasteiger partial charge in [-0.05, 0) is 44.7 Å². The first-order valence-corrected chi connectivity index (χ1v) is 8.14. The molecular weight excluding hydrogens is 244 g/mol. The van der Waals surface area contributed by atoms with Crippen molar-refractivity contribution in [3.63, 3.8) is 0 Å². The molecule has 0 saturated carbocycles. The van der Waals surface area contributed by atoms with Gasteiger partial charge in [0, 0.05) is 25.2 Å². The van der Waals surface area contributed by atoms with E-state index in [0.717, 1.165) is 25.0 Å². The van der Waals surface area contributed by atoms with Crippen molar-refractivity contribution in [3.05, 3.63) is 35.4 Å². The van der Waals surface area contributed by atoms with Gasteiger partial charge in [0.1, 0.15) is 0 Å². The van der Waals surface area contributed by atoms with Crippen LogP contribution in [-0.2, 0) is 0 Å². The van der Waals surface area contributed by atoms with Crippen LogP contribution in [0.3, 0.4) is 0 Å². The normalized spacial score (nSPS) is 25.6. The molecule has 0 radical (unpaired) electrons. The van der Waals surface area contributed by atoms with Crippen LogP contribution in [0.1, 0.15) is 50.8 Å². The third-order valence-corrected chi connectivity index (χ3v) is 4.59. The first-order valence-electron chi connectivity index (χ1n) is 8.14. The Balaban J connectivity index is 2.06. The van der Waals surface area contributed by atoms with E-state index in [-0.39, 0.29) is 0 Å². The summed E-state index contributed by atoms with van der Waals surface area (Å²) < 4.78 is 0. The highest BCUT2D eigenvalue weighted by atomic mass is 15.2. The number of likely N-dealkylation sites (tertiary alicyclic amines) is 1. The second-order valence-electron chi connectivity index (χ2n) is 6.51. The van der Waals surface area contributed by atoms with Gasteiger partial charge in [-0.25, -0.2) is 0 Å². The fourth-order valence-electron chi connectivity index (χ4n) is 3.20. The van der Waals surface area contributed by atoms with Gasteiger partial charge in [0.2, 0.25) is 0 Å².